The Kier molecular flexibility index (Phi) is 3.87. The molecule has 0 bridgehead atoms. The number of likely N-dealkylation sites (N-methyl/N-ethyl adjacent to an activating group) is 1. The van der Waals surface area contributed by atoms with E-state index in [1.165, 1.54) is 0 Å². The zero-order chi connectivity index (χ0) is 13.1. The molecule has 0 aliphatic carbocycles. The van der Waals surface area contributed by atoms with Crippen LogP contribution in [0, 0.1) is 6.92 Å². The van der Waals surface area contributed by atoms with Gasteiger partial charge in [-0.15, -0.1) is 0 Å². The van der Waals surface area contributed by atoms with Crippen LogP contribution in [0.3, 0.4) is 0 Å². The lowest BCUT2D eigenvalue weighted by Crippen LogP contribution is -2.29. The quantitative estimate of drug-likeness (QED) is 0.889. The van der Waals surface area contributed by atoms with Crippen LogP contribution < -0.4 is 4.90 Å². The molecular weight excluding hydrogens is 230 g/mol. The van der Waals surface area contributed by atoms with Crippen molar-refractivity contribution in [1.29, 1.82) is 0 Å². The Balaban J connectivity index is 2.19. The van der Waals surface area contributed by atoms with Gasteiger partial charge in [0.1, 0.15) is 0 Å². The lowest BCUT2D eigenvalue weighted by Gasteiger charge is -2.24. The van der Waals surface area contributed by atoms with Crippen LogP contribution in [0.2, 0.25) is 0 Å². The molecule has 1 saturated heterocycles. The number of ether oxygens (including phenoxy) is 1. The molecule has 1 aromatic rings. The van der Waals surface area contributed by atoms with Crippen LogP contribution in [0.4, 0.5) is 5.69 Å². The molecule has 1 fully saturated rings. The van der Waals surface area contributed by atoms with Crippen molar-refractivity contribution < 1.29 is 14.6 Å². The van der Waals surface area contributed by atoms with E-state index in [0.29, 0.717) is 5.56 Å². The molecule has 4 heteroatoms. The second-order valence-electron chi connectivity index (χ2n) is 4.84. The number of aryl methyl sites for hydroxylation is 1. The Morgan fingerprint density at radius 3 is 2.94 bits per heavy atom. The average Bonchev–Trinajstić information content (AvgIpc) is 2.81. The van der Waals surface area contributed by atoms with E-state index >= 15 is 0 Å². The third kappa shape index (κ3) is 2.82. The maximum atomic E-state index is 11.2. The van der Waals surface area contributed by atoms with Gasteiger partial charge >= 0.3 is 5.97 Å². The van der Waals surface area contributed by atoms with Crippen molar-refractivity contribution in [3.63, 3.8) is 0 Å². The Labute approximate surface area is 107 Å². The molecule has 1 heterocycles. The van der Waals surface area contributed by atoms with E-state index in [2.05, 4.69) is 0 Å². The van der Waals surface area contributed by atoms with Gasteiger partial charge in [-0.2, -0.15) is 0 Å². The van der Waals surface area contributed by atoms with Crippen LogP contribution in [0.25, 0.3) is 0 Å². The second-order valence-corrected chi connectivity index (χ2v) is 4.84. The lowest BCUT2D eigenvalue weighted by molar-refractivity contribution is 0.0697. The fraction of sp³-hybridized carbons (Fsp3) is 0.500. The predicted molar refractivity (Wildman–Crippen MR) is 70.4 cm³/mol. The van der Waals surface area contributed by atoms with Crippen molar-refractivity contribution in [2.75, 3.05) is 25.1 Å². The van der Waals surface area contributed by atoms with Crippen molar-refractivity contribution in [3.8, 4) is 0 Å². The lowest BCUT2D eigenvalue weighted by atomic mass is 10.1. The first-order valence-electron chi connectivity index (χ1n) is 6.24. The number of anilines is 1. The summed E-state index contributed by atoms with van der Waals surface area (Å²) in [5, 5.41) is 9.21. The Hall–Kier alpha value is -1.55. The number of carboxylic acids is 1. The predicted octanol–water partition coefficient (Wildman–Crippen LogP) is 2.31. The van der Waals surface area contributed by atoms with Gasteiger partial charge < -0.3 is 14.7 Å². The highest BCUT2D eigenvalue weighted by Crippen LogP contribution is 2.23. The van der Waals surface area contributed by atoms with Crippen molar-refractivity contribution in [2.24, 2.45) is 0 Å². The molecule has 0 radical (unpaired) electrons. The van der Waals surface area contributed by atoms with Gasteiger partial charge in [0.15, 0.2) is 0 Å². The van der Waals surface area contributed by atoms with E-state index in [-0.39, 0.29) is 6.10 Å². The fourth-order valence-corrected chi connectivity index (χ4v) is 2.33. The van der Waals surface area contributed by atoms with Crippen molar-refractivity contribution in [1.82, 2.24) is 0 Å². The molecule has 0 aromatic heterocycles. The van der Waals surface area contributed by atoms with E-state index in [4.69, 9.17) is 4.74 Å². The minimum atomic E-state index is -0.885. The van der Waals surface area contributed by atoms with Crippen molar-refractivity contribution in [3.05, 3.63) is 29.3 Å². The van der Waals surface area contributed by atoms with Crippen molar-refractivity contribution >= 4 is 11.7 Å². The van der Waals surface area contributed by atoms with E-state index in [9.17, 15) is 9.90 Å². The van der Waals surface area contributed by atoms with Gasteiger partial charge in [0.2, 0.25) is 0 Å². The molecule has 2 rings (SSSR count). The SMILES string of the molecule is Cc1ccc(C(=O)O)c(N(C)CC2CCCO2)c1. The Morgan fingerprint density at radius 2 is 2.33 bits per heavy atom. The van der Waals surface area contributed by atoms with Gasteiger partial charge in [-0.05, 0) is 37.5 Å². The van der Waals surface area contributed by atoms with Gasteiger partial charge in [0.25, 0.3) is 0 Å². The maximum absolute atomic E-state index is 11.2. The summed E-state index contributed by atoms with van der Waals surface area (Å²) in [5.74, 6) is -0.885. The summed E-state index contributed by atoms with van der Waals surface area (Å²) >= 11 is 0. The van der Waals surface area contributed by atoms with Crippen LogP contribution >= 0.6 is 0 Å². The molecule has 1 N–H and O–H groups in total. The van der Waals surface area contributed by atoms with Crippen LogP contribution in [-0.4, -0.2) is 37.4 Å². The first-order chi connectivity index (χ1) is 8.58. The summed E-state index contributed by atoms with van der Waals surface area (Å²) in [6, 6.07) is 5.41. The average molecular weight is 249 g/mol. The first kappa shape index (κ1) is 12.9. The molecule has 0 amide bonds. The molecule has 1 aliphatic rings. The van der Waals surface area contributed by atoms with Crippen LogP contribution in [0.1, 0.15) is 28.8 Å². The molecule has 1 aromatic carbocycles. The van der Waals surface area contributed by atoms with Gasteiger partial charge in [-0.3, -0.25) is 0 Å². The van der Waals surface area contributed by atoms with E-state index in [1.807, 2.05) is 31.0 Å². The highest BCUT2D eigenvalue weighted by molar-refractivity contribution is 5.94. The van der Waals surface area contributed by atoms with E-state index in [0.717, 1.165) is 37.2 Å². The van der Waals surface area contributed by atoms with Gasteiger partial charge in [0.05, 0.1) is 17.4 Å². The number of carbonyl (C=O) groups is 1. The third-order valence-electron chi connectivity index (χ3n) is 3.30. The zero-order valence-electron chi connectivity index (χ0n) is 10.8. The number of benzene rings is 1. The topological polar surface area (TPSA) is 49.8 Å². The zero-order valence-corrected chi connectivity index (χ0v) is 10.8. The molecule has 1 unspecified atom stereocenters. The van der Waals surface area contributed by atoms with Gasteiger partial charge in [-0.1, -0.05) is 6.07 Å². The molecule has 18 heavy (non-hydrogen) atoms. The smallest absolute Gasteiger partial charge is 0.337 e. The number of nitrogens with zero attached hydrogens (tertiary/aromatic N) is 1. The van der Waals surface area contributed by atoms with E-state index in [1.54, 1.807) is 6.07 Å². The summed E-state index contributed by atoms with van der Waals surface area (Å²) in [6.07, 6.45) is 2.37. The summed E-state index contributed by atoms with van der Waals surface area (Å²) in [4.78, 5) is 13.2. The monoisotopic (exact) mass is 249 g/mol. The minimum absolute atomic E-state index is 0.220. The summed E-state index contributed by atoms with van der Waals surface area (Å²) in [5.41, 5.74) is 2.17. The highest BCUT2D eigenvalue weighted by Gasteiger charge is 2.20. The molecular formula is C14H19NO3. The van der Waals surface area contributed by atoms with Gasteiger partial charge in [0, 0.05) is 20.2 Å². The fourth-order valence-electron chi connectivity index (χ4n) is 2.33. The molecule has 1 aliphatic heterocycles. The maximum Gasteiger partial charge on any atom is 0.337 e. The molecule has 4 nitrogen and oxygen atoms in total. The number of rotatable bonds is 4. The standard InChI is InChI=1S/C14H19NO3/c1-10-5-6-12(14(16)17)13(8-10)15(2)9-11-4-3-7-18-11/h5-6,8,11H,3-4,7,9H2,1-2H3,(H,16,17). The Morgan fingerprint density at radius 1 is 1.56 bits per heavy atom. The molecule has 1 atom stereocenters. The number of hydrogen-bond donors (Lipinski definition) is 1. The molecule has 0 spiro atoms. The second kappa shape index (κ2) is 5.40. The highest BCUT2D eigenvalue weighted by atomic mass is 16.5. The van der Waals surface area contributed by atoms with Crippen LogP contribution in [0.15, 0.2) is 18.2 Å². The molecule has 0 saturated carbocycles. The van der Waals surface area contributed by atoms with Crippen molar-refractivity contribution in [2.45, 2.75) is 25.9 Å². The van der Waals surface area contributed by atoms with E-state index < -0.39 is 5.97 Å². The summed E-state index contributed by atoms with van der Waals surface area (Å²) in [6.45, 7) is 3.52. The largest absolute Gasteiger partial charge is 0.478 e. The third-order valence-corrected chi connectivity index (χ3v) is 3.30. The van der Waals surface area contributed by atoms with Crippen LogP contribution in [0.5, 0.6) is 0 Å². The van der Waals surface area contributed by atoms with Crippen LogP contribution in [-0.2, 0) is 4.74 Å². The number of aromatic carboxylic acids is 1. The molecule has 98 valence electrons. The Bertz CT molecular complexity index is 439. The first-order valence-corrected chi connectivity index (χ1v) is 6.24. The normalized spacial score (nSPS) is 18.9. The number of carboxylic acid groups (broad SMARTS) is 1. The minimum Gasteiger partial charge on any atom is -0.478 e. The van der Waals surface area contributed by atoms with Gasteiger partial charge in [-0.25, -0.2) is 4.79 Å². The summed E-state index contributed by atoms with van der Waals surface area (Å²) < 4.78 is 5.59. The summed E-state index contributed by atoms with van der Waals surface area (Å²) in [7, 11) is 1.92. The number of hydrogen-bond acceptors (Lipinski definition) is 3.